The first kappa shape index (κ1) is 19.9. The second-order valence-corrected chi connectivity index (χ2v) is 6.63. The molecule has 0 aromatic heterocycles. The number of carbonyl (C=O) groups excluding carboxylic acids is 2. The molecule has 0 bridgehead atoms. The lowest BCUT2D eigenvalue weighted by Crippen LogP contribution is -2.30. The monoisotopic (exact) mass is 331 g/mol. The maximum absolute atomic E-state index is 11.6. The maximum atomic E-state index is 11.6. The van der Waals surface area contributed by atoms with Crippen molar-refractivity contribution in [2.24, 2.45) is 0 Å². The van der Waals surface area contributed by atoms with Crippen LogP contribution in [0.25, 0.3) is 0 Å². The summed E-state index contributed by atoms with van der Waals surface area (Å²) in [6.07, 6.45) is 1.22. The Morgan fingerprint density at radius 3 is 2.27 bits per heavy atom. The molecule has 1 rings (SSSR count). The van der Waals surface area contributed by atoms with Gasteiger partial charge in [0.15, 0.2) is 0 Å². The van der Waals surface area contributed by atoms with Crippen molar-refractivity contribution >= 4 is 21.7 Å². The molecule has 1 amide bonds. The smallest absolute Gasteiger partial charge is 0.325 e. The summed E-state index contributed by atoms with van der Waals surface area (Å²) in [5, 5.41) is 2.43. The lowest BCUT2D eigenvalue weighted by Gasteiger charge is -2.05. The number of benzene rings is 1. The minimum atomic E-state index is -2.66. The largest absolute Gasteiger partial charge is 0.497 e. The first-order chi connectivity index (χ1) is 10.2. The molecule has 124 valence electrons. The van der Waals surface area contributed by atoms with Gasteiger partial charge < -0.3 is 14.8 Å². The average Bonchev–Trinajstić information content (AvgIpc) is 2.52. The Hall–Kier alpha value is -2.09. The van der Waals surface area contributed by atoms with Gasteiger partial charge in [-0.15, -0.1) is 0 Å². The zero-order valence-electron chi connectivity index (χ0n) is 13.1. The fraction of sp³-hybridized carbons (Fsp3) is 0.429. The molecule has 0 unspecified atom stereocenters. The lowest BCUT2D eigenvalue weighted by molar-refractivity contribution is -0.139. The molecule has 0 fully saturated rings. The van der Waals surface area contributed by atoms with Gasteiger partial charge in [-0.2, -0.15) is 0 Å². The molecular weight excluding hydrogens is 310 g/mol. The Morgan fingerprint density at radius 2 is 1.82 bits per heavy atom. The second-order valence-electron chi connectivity index (χ2n) is 4.21. The fourth-order valence-corrected chi connectivity index (χ4v) is 1.09. The molecule has 0 radical (unpaired) electrons. The number of carbonyl (C=O) groups is 2. The van der Waals surface area contributed by atoms with Crippen LogP contribution in [0.1, 0.15) is 17.3 Å². The third kappa shape index (κ3) is 8.96. The predicted molar refractivity (Wildman–Crippen MR) is 82.7 cm³/mol. The molecule has 0 spiro atoms. The highest BCUT2D eigenvalue weighted by atomic mass is 32.2. The van der Waals surface area contributed by atoms with Gasteiger partial charge in [0.2, 0.25) is 0 Å². The molecule has 1 N–H and O–H groups in total. The molecule has 1 aromatic rings. The number of methoxy groups -OCH3 is 2. The van der Waals surface area contributed by atoms with E-state index in [2.05, 4.69) is 10.1 Å². The van der Waals surface area contributed by atoms with Gasteiger partial charge >= 0.3 is 5.97 Å². The normalized spacial score (nSPS) is 10.0. The highest BCUT2D eigenvalue weighted by molar-refractivity contribution is 7.90. The van der Waals surface area contributed by atoms with Gasteiger partial charge in [0.05, 0.1) is 14.2 Å². The van der Waals surface area contributed by atoms with E-state index in [1.54, 1.807) is 31.2 Å². The molecule has 0 heterocycles. The van der Waals surface area contributed by atoms with Crippen molar-refractivity contribution in [3.05, 3.63) is 29.8 Å². The second kappa shape index (κ2) is 9.78. The first-order valence-corrected chi connectivity index (χ1v) is 8.46. The first-order valence-electron chi connectivity index (χ1n) is 6.40. The van der Waals surface area contributed by atoms with E-state index in [1.165, 1.54) is 20.5 Å². The van der Waals surface area contributed by atoms with Gasteiger partial charge in [-0.1, -0.05) is 13.0 Å². The van der Waals surface area contributed by atoms with Crippen molar-refractivity contribution < 1.29 is 27.5 Å². The van der Waals surface area contributed by atoms with Crippen molar-refractivity contribution in [3.63, 3.8) is 0 Å². The molecule has 8 heteroatoms. The van der Waals surface area contributed by atoms with Crippen LogP contribution in [0.15, 0.2) is 24.3 Å². The number of hydrogen-bond acceptors (Lipinski definition) is 6. The van der Waals surface area contributed by atoms with Crippen LogP contribution in [-0.2, 0) is 19.4 Å². The molecular formula is C14H21NO6S. The van der Waals surface area contributed by atoms with E-state index in [4.69, 9.17) is 4.74 Å². The Kier molecular flexibility index (Phi) is 8.85. The molecule has 0 atom stereocenters. The number of rotatable bonds is 5. The van der Waals surface area contributed by atoms with E-state index in [0.29, 0.717) is 11.3 Å². The minimum Gasteiger partial charge on any atom is -0.497 e. The SMILES string of the molecule is CCS(C)(=O)=O.COC(=O)CNC(=O)c1cccc(OC)c1. The number of esters is 1. The van der Waals surface area contributed by atoms with Gasteiger partial charge in [0.25, 0.3) is 5.91 Å². The summed E-state index contributed by atoms with van der Waals surface area (Å²) in [4.78, 5) is 22.4. The number of sulfone groups is 1. The van der Waals surface area contributed by atoms with Crippen LogP contribution in [0.3, 0.4) is 0 Å². The molecule has 7 nitrogen and oxygen atoms in total. The fourth-order valence-electron chi connectivity index (χ4n) is 1.09. The van der Waals surface area contributed by atoms with Crippen molar-refractivity contribution in [1.29, 1.82) is 0 Å². The van der Waals surface area contributed by atoms with Gasteiger partial charge in [-0.3, -0.25) is 9.59 Å². The van der Waals surface area contributed by atoms with Crippen LogP contribution in [0.2, 0.25) is 0 Å². The third-order valence-electron chi connectivity index (χ3n) is 2.48. The number of amides is 1. The standard InChI is InChI=1S/C11H13NO4.C3H8O2S/c1-15-9-5-3-4-8(6-9)11(14)12-7-10(13)16-2;1-3-6(2,4)5/h3-6H,7H2,1-2H3,(H,12,14);3H2,1-2H3. The van der Waals surface area contributed by atoms with Crippen molar-refractivity contribution in [3.8, 4) is 5.75 Å². The van der Waals surface area contributed by atoms with E-state index >= 15 is 0 Å². The van der Waals surface area contributed by atoms with Crippen LogP contribution >= 0.6 is 0 Å². The highest BCUT2D eigenvalue weighted by Crippen LogP contribution is 2.12. The number of nitrogens with one attached hydrogen (secondary N) is 1. The summed E-state index contributed by atoms with van der Waals surface area (Å²) in [6, 6.07) is 6.66. The van der Waals surface area contributed by atoms with Crippen LogP contribution in [-0.4, -0.2) is 53.1 Å². The molecule has 0 aliphatic heterocycles. The topological polar surface area (TPSA) is 98.8 Å². The van der Waals surface area contributed by atoms with Crippen LogP contribution in [0.4, 0.5) is 0 Å². The van der Waals surface area contributed by atoms with Crippen molar-refractivity contribution in [1.82, 2.24) is 5.32 Å². The van der Waals surface area contributed by atoms with E-state index in [0.717, 1.165) is 0 Å². The van der Waals surface area contributed by atoms with Crippen LogP contribution in [0, 0.1) is 0 Å². The summed E-state index contributed by atoms with van der Waals surface area (Å²) in [5.41, 5.74) is 0.434. The minimum absolute atomic E-state index is 0.146. The Balaban J connectivity index is 0.000000626. The van der Waals surface area contributed by atoms with Gasteiger partial charge in [0, 0.05) is 17.6 Å². The number of hydrogen-bond donors (Lipinski definition) is 1. The zero-order chi connectivity index (χ0) is 17.2. The van der Waals surface area contributed by atoms with Crippen LogP contribution < -0.4 is 10.1 Å². The van der Waals surface area contributed by atoms with Gasteiger partial charge in [-0.05, 0) is 18.2 Å². The summed E-state index contributed by atoms with van der Waals surface area (Å²) in [5.74, 6) is -0.00114. The Morgan fingerprint density at radius 1 is 1.23 bits per heavy atom. The molecule has 0 aliphatic carbocycles. The molecule has 0 saturated carbocycles. The highest BCUT2D eigenvalue weighted by Gasteiger charge is 2.08. The predicted octanol–water partition coefficient (Wildman–Crippen LogP) is 0.649. The Labute approximate surface area is 130 Å². The van der Waals surface area contributed by atoms with Crippen LogP contribution in [0.5, 0.6) is 5.75 Å². The van der Waals surface area contributed by atoms with Crippen molar-refractivity contribution in [2.45, 2.75) is 6.92 Å². The van der Waals surface area contributed by atoms with Gasteiger partial charge in [0.1, 0.15) is 22.1 Å². The van der Waals surface area contributed by atoms with E-state index < -0.39 is 15.8 Å². The molecule has 1 aromatic carbocycles. The van der Waals surface area contributed by atoms with E-state index in [-0.39, 0.29) is 18.2 Å². The number of ether oxygens (including phenoxy) is 2. The zero-order valence-corrected chi connectivity index (χ0v) is 13.9. The van der Waals surface area contributed by atoms with E-state index in [9.17, 15) is 18.0 Å². The quantitative estimate of drug-likeness (QED) is 0.795. The summed E-state index contributed by atoms with van der Waals surface area (Å²) >= 11 is 0. The summed E-state index contributed by atoms with van der Waals surface area (Å²) in [7, 11) is 0.121. The maximum Gasteiger partial charge on any atom is 0.325 e. The summed E-state index contributed by atoms with van der Waals surface area (Å²) in [6.45, 7) is 1.47. The molecule has 0 saturated heterocycles. The summed E-state index contributed by atoms with van der Waals surface area (Å²) < 4.78 is 29.4. The molecule has 0 aliphatic rings. The third-order valence-corrected chi connectivity index (χ3v) is 3.53. The average molecular weight is 331 g/mol. The molecule has 22 heavy (non-hydrogen) atoms. The van der Waals surface area contributed by atoms with E-state index in [1.807, 2.05) is 0 Å². The van der Waals surface area contributed by atoms with Gasteiger partial charge in [-0.25, -0.2) is 8.42 Å². The lowest BCUT2D eigenvalue weighted by atomic mass is 10.2. The Bertz CT molecular complexity index is 597. The van der Waals surface area contributed by atoms with Crippen molar-refractivity contribution in [2.75, 3.05) is 32.8 Å².